The Hall–Kier alpha value is -4.99. The molecule has 7 unspecified atom stereocenters. The molecule has 2 N–H and O–H groups in total. The first-order chi connectivity index (χ1) is 30.7. The van der Waals surface area contributed by atoms with Crippen molar-refractivity contribution in [3.63, 3.8) is 0 Å². The summed E-state index contributed by atoms with van der Waals surface area (Å²) in [6.07, 6.45) is 16.0. The number of allylic oxidation sites excluding steroid dienone is 1. The van der Waals surface area contributed by atoms with Gasteiger partial charge in [-0.05, 0) is 128 Å². The highest BCUT2D eigenvalue weighted by atomic mass is 32.2. The number of hydrogen-bond donors (Lipinski definition) is 2. The number of likely N-dealkylation sites (N-methyl/N-ethyl adjacent to an activating group) is 1. The number of unbranched alkanes of at least 4 members (excludes halogenated alkanes) is 2. The number of thioether (sulfide) groups is 1. The molecule has 336 valence electrons. The second kappa shape index (κ2) is 21.6. The lowest BCUT2D eigenvalue weighted by Gasteiger charge is -2.59. The van der Waals surface area contributed by atoms with Crippen molar-refractivity contribution in [2.45, 2.75) is 93.1 Å². The van der Waals surface area contributed by atoms with Gasteiger partial charge in [0.15, 0.2) is 0 Å². The maximum Gasteiger partial charge on any atom is 0.269 e. The van der Waals surface area contributed by atoms with Crippen molar-refractivity contribution in [1.82, 2.24) is 4.90 Å². The number of amides is 1. The molecule has 13 nitrogen and oxygen atoms in total. The summed E-state index contributed by atoms with van der Waals surface area (Å²) >= 11 is 1.66. The first-order valence-electron chi connectivity index (χ1n) is 22.1. The van der Waals surface area contributed by atoms with E-state index in [0.717, 1.165) is 54.6 Å². The Kier molecular flexibility index (Phi) is 15.8. The molecular weight excluding hydrogens is 823 g/mol. The van der Waals surface area contributed by atoms with E-state index in [4.69, 9.17) is 28.9 Å². The molecule has 3 aromatic carbocycles. The molecule has 2 heterocycles. The summed E-state index contributed by atoms with van der Waals surface area (Å²) in [7, 11) is 1.73. The second-order valence-electron chi connectivity index (χ2n) is 16.6. The van der Waals surface area contributed by atoms with Crippen LogP contribution in [0.5, 0.6) is 17.2 Å². The zero-order chi connectivity index (χ0) is 44.3. The van der Waals surface area contributed by atoms with Gasteiger partial charge in [-0.25, -0.2) is 0 Å². The minimum atomic E-state index is -1.43. The molecule has 1 saturated carbocycles. The molecule has 7 rings (SSSR count). The number of aliphatic hydroxyl groups excluding tert-OH is 2. The summed E-state index contributed by atoms with van der Waals surface area (Å²) in [4.78, 5) is 34.2. The lowest BCUT2D eigenvalue weighted by atomic mass is 9.55. The molecule has 2 fully saturated rings. The number of carbonyl (C=O) groups excluding carboxylic acids is 1. The summed E-state index contributed by atoms with van der Waals surface area (Å²) in [5.41, 5.74) is 3.14. The van der Waals surface area contributed by atoms with E-state index >= 15 is 0 Å². The molecule has 2 aliphatic carbocycles. The van der Waals surface area contributed by atoms with Gasteiger partial charge >= 0.3 is 0 Å². The molecule has 0 spiro atoms. The van der Waals surface area contributed by atoms with Gasteiger partial charge < -0.3 is 38.9 Å². The van der Waals surface area contributed by atoms with Crippen molar-refractivity contribution >= 4 is 35.1 Å². The van der Waals surface area contributed by atoms with Gasteiger partial charge in [0.05, 0.1) is 29.8 Å². The number of nitro benzene ring substituents is 1. The maximum absolute atomic E-state index is 14.4. The van der Waals surface area contributed by atoms with Crippen LogP contribution in [0, 0.1) is 27.9 Å². The van der Waals surface area contributed by atoms with Crippen LogP contribution in [0.1, 0.15) is 81.3 Å². The van der Waals surface area contributed by atoms with Gasteiger partial charge in [0.2, 0.25) is 18.0 Å². The molecule has 0 bridgehead atoms. The van der Waals surface area contributed by atoms with Crippen molar-refractivity contribution in [2.75, 3.05) is 39.7 Å². The Morgan fingerprint density at radius 3 is 2.46 bits per heavy atom. The standard InChI is InChI=1S/C49H59N3O10S/c1-4-28-59-49-44(51(2)45(55)25-16-33-14-17-35(18-15-33)52(56)57)32-42(50-62-46-13-7-10-29-58-46)40-30-34(11-5-8-26-53)39(12-6-9-27-54)47(48(40)49)41-31-37(21-24-43(41)61-49)60-36-19-22-38(63-3)23-20-36/h4,14-25,30-31,34,39,44,46-48,53-54H,1,5-13,26-29,32H2,2-3H3. The predicted octanol–water partition coefficient (Wildman–Crippen LogP) is 9.44. The summed E-state index contributed by atoms with van der Waals surface area (Å²) in [6.45, 7) is 4.90. The van der Waals surface area contributed by atoms with Crippen molar-refractivity contribution in [3.05, 3.63) is 118 Å². The topological polar surface area (TPSA) is 162 Å². The minimum absolute atomic E-state index is 0.0406. The first kappa shape index (κ1) is 46.0. The molecule has 1 saturated heterocycles. The molecule has 0 radical (unpaired) electrons. The Labute approximate surface area is 373 Å². The highest BCUT2D eigenvalue weighted by Gasteiger charge is 2.65. The van der Waals surface area contributed by atoms with Crippen LogP contribution in [0.15, 0.2) is 107 Å². The van der Waals surface area contributed by atoms with E-state index in [1.807, 2.05) is 42.7 Å². The molecule has 2 aliphatic heterocycles. The number of rotatable bonds is 20. The van der Waals surface area contributed by atoms with E-state index in [0.29, 0.717) is 54.4 Å². The minimum Gasteiger partial charge on any atom is -0.459 e. The van der Waals surface area contributed by atoms with Crippen molar-refractivity contribution < 1.29 is 43.7 Å². The summed E-state index contributed by atoms with van der Waals surface area (Å²) in [5.74, 6) is -0.391. The van der Waals surface area contributed by atoms with E-state index in [1.54, 1.807) is 48.0 Å². The number of aliphatic hydroxyl groups is 2. The number of carbonyl (C=O) groups is 1. The predicted molar refractivity (Wildman–Crippen MR) is 243 cm³/mol. The van der Waals surface area contributed by atoms with E-state index in [1.165, 1.54) is 18.2 Å². The van der Waals surface area contributed by atoms with Crippen molar-refractivity contribution in [3.8, 4) is 17.2 Å². The van der Waals surface area contributed by atoms with E-state index < -0.39 is 29.0 Å². The van der Waals surface area contributed by atoms with Crippen LogP contribution in [0.3, 0.4) is 0 Å². The normalized spacial score (nSPS) is 25.7. The number of benzene rings is 3. The Bertz CT molecular complexity index is 2140. The molecule has 63 heavy (non-hydrogen) atoms. The van der Waals surface area contributed by atoms with Crippen LogP contribution in [0.25, 0.3) is 6.08 Å². The Balaban J connectivity index is 1.38. The third-order valence-electron chi connectivity index (χ3n) is 12.7. The van der Waals surface area contributed by atoms with Gasteiger partial charge in [-0.3, -0.25) is 14.9 Å². The summed E-state index contributed by atoms with van der Waals surface area (Å²) in [6, 6.07) is 19.2. The lowest BCUT2D eigenvalue weighted by molar-refractivity contribution is -0.384. The van der Waals surface area contributed by atoms with Crippen LogP contribution in [0.2, 0.25) is 0 Å². The first-order valence-corrected chi connectivity index (χ1v) is 23.3. The summed E-state index contributed by atoms with van der Waals surface area (Å²) < 4.78 is 26.8. The van der Waals surface area contributed by atoms with Gasteiger partial charge in [0.25, 0.3) is 5.69 Å². The molecule has 0 aromatic heterocycles. The number of hydrogen-bond acceptors (Lipinski definition) is 12. The third kappa shape index (κ3) is 10.5. The molecule has 3 aromatic rings. The molecule has 14 heteroatoms. The van der Waals surface area contributed by atoms with Crippen molar-refractivity contribution in [1.29, 1.82) is 0 Å². The van der Waals surface area contributed by atoms with Gasteiger partial charge in [0.1, 0.15) is 23.3 Å². The monoisotopic (exact) mass is 881 g/mol. The number of oxime groups is 1. The third-order valence-corrected chi connectivity index (χ3v) is 13.4. The number of nitrogens with zero attached hydrogens (tertiary/aromatic N) is 3. The molecule has 4 aliphatic rings. The average molecular weight is 882 g/mol. The number of fused-ring (bicyclic) bond motifs is 2. The Morgan fingerprint density at radius 1 is 1.03 bits per heavy atom. The zero-order valence-corrected chi connectivity index (χ0v) is 37.0. The maximum atomic E-state index is 14.4. The highest BCUT2D eigenvalue weighted by molar-refractivity contribution is 7.98. The number of nitro groups is 1. The Morgan fingerprint density at radius 2 is 1.78 bits per heavy atom. The van der Waals surface area contributed by atoms with E-state index in [2.05, 4.69) is 18.7 Å². The average Bonchev–Trinajstić information content (AvgIpc) is 3.31. The van der Waals surface area contributed by atoms with E-state index in [9.17, 15) is 25.1 Å². The smallest absolute Gasteiger partial charge is 0.269 e. The quantitative estimate of drug-likeness (QED) is 0.0278. The number of non-ortho nitro benzene ring substituents is 1. The van der Waals surface area contributed by atoms with Crippen LogP contribution in [-0.4, -0.2) is 89.5 Å². The largest absolute Gasteiger partial charge is 0.459 e. The van der Waals surface area contributed by atoms with Crippen LogP contribution < -0.4 is 9.47 Å². The van der Waals surface area contributed by atoms with Crippen LogP contribution >= 0.6 is 11.8 Å². The fourth-order valence-corrected chi connectivity index (χ4v) is 10.0. The van der Waals surface area contributed by atoms with Gasteiger partial charge in [-0.2, -0.15) is 0 Å². The molecule has 7 atom stereocenters. The highest BCUT2D eigenvalue weighted by Crippen LogP contribution is 2.62. The van der Waals surface area contributed by atoms with Gasteiger partial charge in [-0.1, -0.05) is 30.1 Å². The van der Waals surface area contributed by atoms with Crippen LogP contribution in [-0.2, 0) is 19.1 Å². The van der Waals surface area contributed by atoms with E-state index in [-0.39, 0.29) is 55.6 Å². The second-order valence-corrected chi connectivity index (χ2v) is 17.5. The molecule has 1 amide bonds. The number of ether oxygens (including phenoxy) is 4. The lowest BCUT2D eigenvalue weighted by Crippen LogP contribution is -2.69. The summed E-state index contributed by atoms with van der Waals surface area (Å²) in [5, 5.41) is 36.1. The van der Waals surface area contributed by atoms with Gasteiger partial charge in [0, 0.05) is 67.7 Å². The molecular formula is C49H59N3O10S. The zero-order valence-electron chi connectivity index (χ0n) is 36.1. The van der Waals surface area contributed by atoms with Crippen molar-refractivity contribution in [2.24, 2.45) is 22.9 Å². The SMILES string of the molecule is C=CCOC12Oc3ccc(Oc4ccc(SC)cc4)cc3C3C(CCCCO)C(CCCCO)C=C(C(=NOC4CCCCO4)CC1N(C)C(=O)C=Cc1ccc([N+](=O)[O-])cc1)C32. The fraction of sp³-hybridized carbons (Fsp3) is 0.469. The van der Waals surface area contributed by atoms with Crippen LogP contribution in [0.4, 0.5) is 5.69 Å². The fourth-order valence-electron chi connectivity index (χ4n) is 9.63. The van der Waals surface area contributed by atoms with Gasteiger partial charge in [-0.15, -0.1) is 18.3 Å².